The molecule has 23 heavy (non-hydrogen) atoms. The van der Waals surface area contributed by atoms with Crippen LogP contribution < -0.4 is 4.74 Å². The summed E-state index contributed by atoms with van der Waals surface area (Å²) in [6.45, 7) is 6.77. The van der Waals surface area contributed by atoms with Crippen LogP contribution in [0.15, 0.2) is 28.7 Å². The highest BCUT2D eigenvalue weighted by Crippen LogP contribution is 2.26. The molecule has 1 heterocycles. The van der Waals surface area contributed by atoms with Gasteiger partial charge in [-0.1, -0.05) is 19.1 Å². The molecule has 0 aliphatic heterocycles. The number of hydrogen-bond acceptors (Lipinski definition) is 3. The number of rotatable bonds is 6. The molecular weight excluding hydrogens is 286 g/mol. The summed E-state index contributed by atoms with van der Waals surface area (Å²) in [6, 6.07) is 6.47. The van der Waals surface area contributed by atoms with Gasteiger partial charge in [0, 0.05) is 12.0 Å². The monoisotopic (exact) mass is 311 g/mol. The van der Waals surface area contributed by atoms with Crippen molar-refractivity contribution in [3.63, 3.8) is 0 Å². The Morgan fingerprint density at radius 3 is 2.96 bits per heavy atom. The Labute approximate surface area is 138 Å². The van der Waals surface area contributed by atoms with E-state index in [0.29, 0.717) is 6.61 Å². The number of allylic oxidation sites excluding steroid dienone is 2. The van der Waals surface area contributed by atoms with Crippen molar-refractivity contribution in [1.29, 1.82) is 0 Å². The summed E-state index contributed by atoms with van der Waals surface area (Å²) in [7, 11) is 0. The van der Waals surface area contributed by atoms with Crippen LogP contribution in [-0.2, 0) is 19.3 Å². The highest BCUT2D eigenvalue weighted by atomic mass is 16.5. The highest BCUT2D eigenvalue weighted by Gasteiger charge is 2.13. The van der Waals surface area contributed by atoms with Gasteiger partial charge in [0.1, 0.15) is 11.5 Å². The normalized spacial score (nSPS) is 14.1. The van der Waals surface area contributed by atoms with Crippen LogP contribution in [-0.4, -0.2) is 11.6 Å². The van der Waals surface area contributed by atoms with Gasteiger partial charge in [0.25, 0.3) is 0 Å². The summed E-state index contributed by atoms with van der Waals surface area (Å²) in [5, 5.41) is 0. The van der Waals surface area contributed by atoms with Crippen molar-refractivity contribution in [2.75, 3.05) is 6.61 Å². The lowest BCUT2D eigenvalue weighted by molar-refractivity contribution is 0.308. The van der Waals surface area contributed by atoms with Crippen LogP contribution in [0.2, 0.25) is 0 Å². The van der Waals surface area contributed by atoms with Gasteiger partial charge in [-0.3, -0.25) is 0 Å². The molecule has 0 unspecified atom stereocenters. The predicted molar refractivity (Wildman–Crippen MR) is 92.8 cm³/mol. The first-order valence-electron chi connectivity index (χ1n) is 8.55. The Morgan fingerprint density at radius 2 is 2.13 bits per heavy atom. The second-order valence-corrected chi connectivity index (χ2v) is 6.21. The standard InChI is InChI=1S/C20H25NO2/c1-4-6-14(2)20-21-15(3)19(23-20)11-12-22-18-10-9-16-7-5-8-17(16)13-18/h6,9-10,13H,4-5,7-8,11-12H2,1-3H3/b14-6+. The van der Waals surface area contributed by atoms with Crippen molar-refractivity contribution in [2.24, 2.45) is 0 Å². The van der Waals surface area contributed by atoms with Gasteiger partial charge in [0.05, 0.1) is 12.3 Å². The van der Waals surface area contributed by atoms with Crippen LogP contribution in [0.4, 0.5) is 0 Å². The number of oxazole rings is 1. The second kappa shape index (κ2) is 7.03. The summed E-state index contributed by atoms with van der Waals surface area (Å²) < 4.78 is 11.8. The maximum absolute atomic E-state index is 5.91. The maximum atomic E-state index is 5.91. The van der Waals surface area contributed by atoms with Crippen LogP contribution in [0.5, 0.6) is 5.75 Å². The molecule has 1 aromatic carbocycles. The van der Waals surface area contributed by atoms with E-state index in [0.717, 1.165) is 41.5 Å². The van der Waals surface area contributed by atoms with E-state index in [4.69, 9.17) is 9.15 Å². The lowest BCUT2D eigenvalue weighted by atomic mass is 10.1. The number of hydrogen-bond donors (Lipinski definition) is 0. The molecule has 0 fully saturated rings. The molecule has 0 radical (unpaired) electrons. The van der Waals surface area contributed by atoms with Gasteiger partial charge in [0.2, 0.25) is 5.89 Å². The SMILES string of the molecule is CC/C=C(\C)c1nc(C)c(CCOc2ccc3c(c2)CCC3)o1. The minimum absolute atomic E-state index is 0.616. The fourth-order valence-electron chi connectivity index (χ4n) is 3.12. The zero-order chi connectivity index (χ0) is 16.2. The fraction of sp³-hybridized carbons (Fsp3) is 0.450. The van der Waals surface area contributed by atoms with E-state index in [1.54, 1.807) is 0 Å². The molecule has 0 saturated carbocycles. The summed E-state index contributed by atoms with van der Waals surface area (Å²) in [4.78, 5) is 4.51. The van der Waals surface area contributed by atoms with Gasteiger partial charge < -0.3 is 9.15 Å². The summed E-state index contributed by atoms with van der Waals surface area (Å²) >= 11 is 0. The van der Waals surface area contributed by atoms with Crippen molar-refractivity contribution in [3.8, 4) is 5.75 Å². The van der Waals surface area contributed by atoms with Crippen molar-refractivity contribution < 1.29 is 9.15 Å². The smallest absolute Gasteiger partial charge is 0.221 e. The third-order valence-electron chi connectivity index (χ3n) is 4.41. The molecule has 1 aliphatic carbocycles. The van der Waals surface area contributed by atoms with Crippen molar-refractivity contribution in [1.82, 2.24) is 4.98 Å². The van der Waals surface area contributed by atoms with Crippen molar-refractivity contribution in [2.45, 2.75) is 52.9 Å². The molecular formula is C20H25NO2. The minimum atomic E-state index is 0.616. The Kier molecular flexibility index (Phi) is 4.85. The molecule has 0 bridgehead atoms. The average Bonchev–Trinajstić information content (AvgIpc) is 3.14. The molecule has 0 spiro atoms. The average molecular weight is 311 g/mol. The van der Waals surface area contributed by atoms with E-state index >= 15 is 0 Å². The first-order chi connectivity index (χ1) is 11.2. The van der Waals surface area contributed by atoms with E-state index in [1.807, 2.05) is 13.8 Å². The first kappa shape index (κ1) is 15.9. The number of aryl methyl sites for hydroxylation is 3. The Morgan fingerprint density at radius 1 is 1.30 bits per heavy atom. The minimum Gasteiger partial charge on any atom is -0.493 e. The maximum Gasteiger partial charge on any atom is 0.221 e. The number of ether oxygens (including phenoxy) is 1. The van der Waals surface area contributed by atoms with E-state index < -0.39 is 0 Å². The van der Waals surface area contributed by atoms with E-state index in [2.05, 4.69) is 36.2 Å². The third-order valence-corrected chi connectivity index (χ3v) is 4.41. The van der Waals surface area contributed by atoms with Gasteiger partial charge in [-0.2, -0.15) is 0 Å². The predicted octanol–water partition coefficient (Wildman–Crippen LogP) is 4.91. The zero-order valence-corrected chi connectivity index (χ0v) is 14.3. The van der Waals surface area contributed by atoms with Crippen LogP contribution in [0.3, 0.4) is 0 Å². The number of benzene rings is 1. The number of aromatic nitrogens is 1. The van der Waals surface area contributed by atoms with Crippen molar-refractivity contribution >= 4 is 5.57 Å². The molecule has 1 aromatic heterocycles. The zero-order valence-electron chi connectivity index (χ0n) is 14.3. The van der Waals surface area contributed by atoms with Gasteiger partial charge >= 0.3 is 0 Å². The Balaban J connectivity index is 1.59. The summed E-state index contributed by atoms with van der Waals surface area (Å²) in [6.07, 6.45) is 7.53. The van der Waals surface area contributed by atoms with Crippen LogP contribution in [0, 0.1) is 6.92 Å². The molecule has 0 N–H and O–H groups in total. The first-order valence-corrected chi connectivity index (χ1v) is 8.55. The molecule has 2 aromatic rings. The number of fused-ring (bicyclic) bond motifs is 1. The molecule has 3 rings (SSSR count). The van der Waals surface area contributed by atoms with E-state index in [1.165, 1.54) is 30.4 Å². The summed E-state index contributed by atoms with van der Waals surface area (Å²) in [5.74, 6) is 2.62. The second-order valence-electron chi connectivity index (χ2n) is 6.21. The largest absolute Gasteiger partial charge is 0.493 e. The molecule has 3 nitrogen and oxygen atoms in total. The van der Waals surface area contributed by atoms with E-state index in [-0.39, 0.29) is 0 Å². The third kappa shape index (κ3) is 3.66. The molecule has 122 valence electrons. The van der Waals surface area contributed by atoms with Crippen molar-refractivity contribution in [3.05, 3.63) is 52.7 Å². The summed E-state index contributed by atoms with van der Waals surface area (Å²) in [5.41, 5.74) is 4.98. The Hall–Kier alpha value is -2.03. The quantitative estimate of drug-likeness (QED) is 0.760. The molecule has 3 heteroatoms. The molecule has 1 aliphatic rings. The highest BCUT2D eigenvalue weighted by molar-refractivity contribution is 5.56. The molecule has 0 saturated heterocycles. The van der Waals surface area contributed by atoms with Crippen LogP contribution >= 0.6 is 0 Å². The number of nitrogens with zero attached hydrogens (tertiary/aromatic N) is 1. The molecule has 0 atom stereocenters. The fourth-order valence-corrected chi connectivity index (χ4v) is 3.12. The van der Waals surface area contributed by atoms with Crippen LogP contribution in [0.1, 0.15) is 55.2 Å². The molecule has 0 amide bonds. The Bertz CT molecular complexity index is 712. The van der Waals surface area contributed by atoms with Gasteiger partial charge in [0.15, 0.2) is 0 Å². The lowest BCUT2D eigenvalue weighted by Gasteiger charge is -2.07. The van der Waals surface area contributed by atoms with Gasteiger partial charge in [-0.05, 0) is 62.8 Å². The van der Waals surface area contributed by atoms with Gasteiger partial charge in [-0.25, -0.2) is 4.98 Å². The van der Waals surface area contributed by atoms with E-state index in [9.17, 15) is 0 Å². The van der Waals surface area contributed by atoms with Gasteiger partial charge in [-0.15, -0.1) is 0 Å². The lowest BCUT2D eigenvalue weighted by Crippen LogP contribution is -2.02. The topological polar surface area (TPSA) is 35.3 Å². The van der Waals surface area contributed by atoms with Crippen LogP contribution in [0.25, 0.3) is 5.57 Å².